The summed E-state index contributed by atoms with van der Waals surface area (Å²) >= 11 is 6.74. The Morgan fingerprint density at radius 3 is 1.98 bits per heavy atom. The first-order chi connectivity index (χ1) is 26.8. The second-order valence-corrected chi connectivity index (χ2v) is 17.2. The van der Waals surface area contributed by atoms with Crippen molar-refractivity contribution in [3.05, 3.63) is 156 Å². The minimum Gasteiger partial charge on any atom is -0.350 e. The van der Waals surface area contributed by atoms with Crippen LogP contribution in [0.5, 0.6) is 0 Å². The van der Waals surface area contributed by atoms with Crippen LogP contribution in [0.15, 0.2) is 134 Å². The van der Waals surface area contributed by atoms with E-state index in [9.17, 15) is 9.36 Å². The summed E-state index contributed by atoms with van der Waals surface area (Å²) in [5.74, 6) is 0.530. The van der Waals surface area contributed by atoms with Gasteiger partial charge < -0.3 is 14.6 Å². The quantitative estimate of drug-likeness (QED) is 0.102. The average molecular weight is 776 g/mol. The van der Waals surface area contributed by atoms with Crippen LogP contribution < -0.4 is 5.32 Å². The number of morpholine rings is 1. The van der Waals surface area contributed by atoms with Gasteiger partial charge in [0.25, 0.3) is 5.91 Å². The van der Waals surface area contributed by atoms with E-state index in [-0.39, 0.29) is 18.3 Å². The third-order valence-corrected chi connectivity index (χ3v) is 13.1. The summed E-state index contributed by atoms with van der Waals surface area (Å²) in [4.78, 5) is 29.3. The highest BCUT2D eigenvalue weighted by atomic mass is 35.7. The van der Waals surface area contributed by atoms with Crippen LogP contribution in [0.1, 0.15) is 53.0 Å². The molecule has 4 aromatic carbocycles. The molecule has 13 heteroatoms. The van der Waals surface area contributed by atoms with Crippen LogP contribution in [0.25, 0.3) is 11.2 Å². The van der Waals surface area contributed by atoms with Gasteiger partial charge in [0.15, 0.2) is 17.0 Å². The standard InChI is InChI=1S/C42H43ClN7O4P/c1-31-22-24-49(25-23-31)55(43,52)53-28-36-26-48(42(33-16-8-3-9-17-33,34-18-10-4-11-19-34)35-20-12-5-13-21-35)27-37(54-36)50-30-46-38-39(44-29-45-40(38)50)47-41(51)32-14-6-2-7-15-32/h2-21,29-31,36-37H,22-28H2,1H3,(H,44,45,47,51)/t36-,37+,55?/m0/s1. The summed E-state index contributed by atoms with van der Waals surface area (Å²) in [6.07, 6.45) is 3.69. The molecular weight excluding hydrogens is 733 g/mol. The van der Waals surface area contributed by atoms with Gasteiger partial charge in [0.1, 0.15) is 12.6 Å². The van der Waals surface area contributed by atoms with E-state index in [4.69, 9.17) is 25.5 Å². The summed E-state index contributed by atoms with van der Waals surface area (Å²) in [7, 11) is 0. The van der Waals surface area contributed by atoms with E-state index in [2.05, 4.69) is 99.9 Å². The number of hydrogen-bond acceptors (Lipinski definition) is 8. The van der Waals surface area contributed by atoms with Gasteiger partial charge in [0.05, 0.1) is 24.6 Å². The van der Waals surface area contributed by atoms with Gasteiger partial charge in [-0.25, -0.2) is 19.6 Å². The number of aromatic nitrogens is 4. The lowest BCUT2D eigenvalue weighted by Gasteiger charge is -2.50. The fraction of sp³-hybridized carbons (Fsp3) is 0.286. The van der Waals surface area contributed by atoms with E-state index in [1.54, 1.807) is 23.1 Å². The number of nitrogens with one attached hydrogen (secondary N) is 1. The highest BCUT2D eigenvalue weighted by molar-refractivity contribution is 7.83. The minimum absolute atomic E-state index is 0.00568. The van der Waals surface area contributed by atoms with Crippen LogP contribution >= 0.6 is 18.1 Å². The van der Waals surface area contributed by atoms with Gasteiger partial charge in [-0.2, -0.15) is 0 Å². The third kappa shape index (κ3) is 7.61. The predicted octanol–water partition coefficient (Wildman–Crippen LogP) is 8.37. The van der Waals surface area contributed by atoms with Crippen LogP contribution in [-0.2, 0) is 19.4 Å². The normalized spacial score (nSPS) is 19.9. The molecule has 11 nitrogen and oxygen atoms in total. The van der Waals surface area contributed by atoms with E-state index in [0.29, 0.717) is 48.8 Å². The molecule has 1 unspecified atom stereocenters. The molecule has 1 amide bonds. The zero-order chi connectivity index (χ0) is 37.8. The van der Waals surface area contributed by atoms with Gasteiger partial charge in [0, 0.05) is 31.7 Å². The van der Waals surface area contributed by atoms with E-state index in [0.717, 1.165) is 29.5 Å². The first kappa shape index (κ1) is 37.2. The van der Waals surface area contributed by atoms with Crippen molar-refractivity contribution < 1.29 is 18.6 Å². The Hall–Kier alpha value is -4.74. The van der Waals surface area contributed by atoms with Crippen molar-refractivity contribution in [1.82, 2.24) is 29.1 Å². The molecule has 0 spiro atoms. The van der Waals surface area contributed by atoms with Crippen LogP contribution in [0.4, 0.5) is 5.82 Å². The molecular formula is C42H43ClN7O4P. The van der Waals surface area contributed by atoms with Crippen molar-refractivity contribution >= 4 is 41.0 Å². The molecule has 282 valence electrons. The van der Waals surface area contributed by atoms with Gasteiger partial charge >= 0.3 is 6.87 Å². The van der Waals surface area contributed by atoms with Gasteiger partial charge in [-0.3, -0.25) is 18.8 Å². The van der Waals surface area contributed by atoms with E-state index < -0.39 is 24.7 Å². The molecule has 2 fully saturated rings. The molecule has 0 aliphatic carbocycles. The molecule has 4 heterocycles. The second kappa shape index (κ2) is 16.2. The number of benzene rings is 4. The minimum atomic E-state index is -3.63. The number of nitrogens with zero attached hydrogens (tertiary/aromatic N) is 6. The fourth-order valence-electron chi connectivity index (χ4n) is 7.84. The Labute approximate surface area is 325 Å². The molecule has 55 heavy (non-hydrogen) atoms. The molecule has 8 rings (SSSR count). The molecule has 0 radical (unpaired) electrons. The summed E-state index contributed by atoms with van der Waals surface area (Å²) in [6.45, 7) is 0.615. The van der Waals surface area contributed by atoms with Gasteiger partial charge in [-0.05, 0) is 58.8 Å². The number of amides is 1. The van der Waals surface area contributed by atoms with Crippen LogP contribution in [0.3, 0.4) is 0 Å². The van der Waals surface area contributed by atoms with E-state index in [1.807, 2.05) is 41.0 Å². The third-order valence-electron chi connectivity index (χ3n) is 10.7. The maximum Gasteiger partial charge on any atom is 0.363 e. The maximum atomic E-state index is 13.9. The number of rotatable bonds is 11. The summed E-state index contributed by atoms with van der Waals surface area (Å²) in [6, 6.07) is 40.3. The largest absolute Gasteiger partial charge is 0.363 e. The van der Waals surface area contributed by atoms with Gasteiger partial charge in [-0.1, -0.05) is 116 Å². The van der Waals surface area contributed by atoms with E-state index in [1.165, 1.54) is 6.33 Å². The molecule has 2 aliphatic heterocycles. The van der Waals surface area contributed by atoms with Crippen LogP contribution in [0.2, 0.25) is 0 Å². The number of ether oxygens (including phenoxy) is 1. The fourth-order valence-corrected chi connectivity index (χ4v) is 9.68. The Balaban J connectivity index is 1.21. The Bertz CT molecular complexity index is 2160. The number of anilines is 1. The summed E-state index contributed by atoms with van der Waals surface area (Å²) in [5, 5.41) is 2.91. The lowest BCUT2D eigenvalue weighted by molar-refractivity contribution is -0.145. The smallest absolute Gasteiger partial charge is 0.350 e. The lowest BCUT2D eigenvalue weighted by atomic mass is 9.75. The first-order valence-electron chi connectivity index (χ1n) is 18.6. The molecule has 2 saturated heterocycles. The molecule has 2 aliphatic rings. The molecule has 1 N–H and O–H groups in total. The Kier molecular flexibility index (Phi) is 10.9. The first-order valence-corrected chi connectivity index (χ1v) is 21.1. The summed E-state index contributed by atoms with van der Waals surface area (Å²) in [5.41, 5.74) is 3.84. The van der Waals surface area contributed by atoms with Crippen LogP contribution in [-0.4, -0.2) is 73.9 Å². The number of imidazole rings is 1. The molecule has 0 saturated carbocycles. The SMILES string of the molecule is CC1CCN(P(=O)(Cl)OC[C@@H]2CN(C(c3ccccc3)(c3ccccc3)c3ccccc3)C[C@H](n3cnc4c(NC(=O)c5ccccc5)ncnc43)O2)CC1. The molecule has 2 aromatic heterocycles. The zero-order valence-electron chi connectivity index (χ0n) is 30.5. The number of carbonyl (C=O) groups excluding carboxylic acids is 1. The topological polar surface area (TPSA) is 115 Å². The number of fused-ring (bicyclic) bond motifs is 1. The molecule has 3 atom stereocenters. The monoisotopic (exact) mass is 775 g/mol. The molecule has 6 aromatic rings. The zero-order valence-corrected chi connectivity index (χ0v) is 32.2. The van der Waals surface area contributed by atoms with Crippen molar-refractivity contribution in [2.45, 2.75) is 37.6 Å². The van der Waals surface area contributed by atoms with Crippen molar-refractivity contribution in [2.24, 2.45) is 5.92 Å². The van der Waals surface area contributed by atoms with Gasteiger partial charge in [0.2, 0.25) is 0 Å². The number of piperidine rings is 1. The van der Waals surface area contributed by atoms with Crippen molar-refractivity contribution in [1.29, 1.82) is 0 Å². The van der Waals surface area contributed by atoms with Crippen LogP contribution in [0, 0.1) is 5.92 Å². The highest BCUT2D eigenvalue weighted by Gasteiger charge is 2.47. The predicted molar refractivity (Wildman–Crippen MR) is 214 cm³/mol. The summed E-state index contributed by atoms with van der Waals surface area (Å²) < 4.78 is 30.6. The van der Waals surface area contributed by atoms with Crippen molar-refractivity contribution in [2.75, 3.05) is 38.1 Å². The van der Waals surface area contributed by atoms with E-state index >= 15 is 0 Å². The highest BCUT2D eigenvalue weighted by Crippen LogP contribution is 2.57. The molecule has 0 bridgehead atoms. The van der Waals surface area contributed by atoms with Crippen molar-refractivity contribution in [3.63, 3.8) is 0 Å². The average Bonchev–Trinajstić information content (AvgIpc) is 3.68. The number of hydrogen-bond donors (Lipinski definition) is 1. The second-order valence-electron chi connectivity index (χ2n) is 14.2. The number of carbonyl (C=O) groups is 1. The van der Waals surface area contributed by atoms with Crippen molar-refractivity contribution in [3.8, 4) is 0 Å². The van der Waals surface area contributed by atoms with Gasteiger partial charge in [-0.15, -0.1) is 0 Å². The number of halogens is 1. The Morgan fingerprint density at radius 1 is 0.836 bits per heavy atom. The Morgan fingerprint density at radius 2 is 1.40 bits per heavy atom. The lowest BCUT2D eigenvalue weighted by Crippen LogP contribution is -2.57. The maximum absolute atomic E-state index is 13.9.